The summed E-state index contributed by atoms with van der Waals surface area (Å²) in [5.74, 6) is 6.66. The van der Waals surface area contributed by atoms with E-state index in [0.717, 1.165) is 0 Å². The lowest BCUT2D eigenvalue weighted by Crippen LogP contribution is -2.61. The van der Waals surface area contributed by atoms with Crippen LogP contribution in [-0.2, 0) is 4.79 Å². The molecule has 0 spiro atoms. The summed E-state index contributed by atoms with van der Waals surface area (Å²) in [4.78, 5) is 34.1. The van der Waals surface area contributed by atoms with E-state index in [4.69, 9.17) is 9.72 Å². The first-order chi connectivity index (χ1) is 20.2. The van der Waals surface area contributed by atoms with Crippen LogP contribution in [0.15, 0.2) is 55.2 Å². The zero-order chi connectivity index (χ0) is 29.4. The second-order valence-electron chi connectivity index (χ2n) is 10.5. The molecule has 1 amide bonds. The summed E-state index contributed by atoms with van der Waals surface area (Å²) in [5, 5.41) is 7.17. The molecule has 0 bridgehead atoms. The minimum absolute atomic E-state index is 0.182. The molecule has 42 heavy (non-hydrogen) atoms. The smallest absolute Gasteiger partial charge is 0.299 e. The topological polar surface area (TPSA) is 114 Å². The first kappa shape index (κ1) is 26.9. The number of hydrogen-bond donors (Lipinski definition) is 1. The number of anilines is 3. The third kappa shape index (κ3) is 5.01. The molecular weight excluding hydrogens is 537 g/mol. The van der Waals surface area contributed by atoms with Crippen molar-refractivity contribution < 1.29 is 13.9 Å². The molecule has 4 aromatic heterocycles. The van der Waals surface area contributed by atoms with Crippen LogP contribution in [0.1, 0.15) is 26.3 Å². The average Bonchev–Trinajstić information content (AvgIpc) is 3.44. The fraction of sp³-hybridized carbons (Fsp3) is 0.267. The summed E-state index contributed by atoms with van der Waals surface area (Å²) in [7, 11) is 0. The number of carbonyl (C=O) groups is 1. The molecule has 5 aromatic rings. The van der Waals surface area contributed by atoms with Crippen molar-refractivity contribution in [3.63, 3.8) is 0 Å². The molecule has 12 heteroatoms. The Morgan fingerprint density at radius 1 is 1.10 bits per heavy atom. The van der Waals surface area contributed by atoms with Crippen molar-refractivity contribution in [3.8, 4) is 23.3 Å². The number of ether oxygens (including phenoxy) is 1. The van der Waals surface area contributed by atoms with Crippen molar-refractivity contribution in [1.82, 2.24) is 34.4 Å². The van der Waals surface area contributed by atoms with Crippen molar-refractivity contribution in [1.29, 1.82) is 0 Å². The van der Waals surface area contributed by atoms with Crippen LogP contribution in [-0.4, -0.2) is 65.5 Å². The number of nitrogens with one attached hydrogen (secondary N) is 1. The van der Waals surface area contributed by atoms with Crippen LogP contribution in [0.5, 0.6) is 11.5 Å². The van der Waals surface area contributed by atoms with E-state index in [0.29, 0.717) is 65.0 Å². The summed E-state index contributed by atoms with van der Waals surface area (Å²) in [6.45, 7) is 9.01. The Labute approximate surface area is 241 Å². The van der Waals surface area contributed by atoms with Gasteiger partial charge in [-0.05, 0) is 63.9 Å². The lowest BCUT2D eigenvalue weighted by molar-refractivity contribution is -0.130. The predicted molar refractivity (Wildman–Crippen MR) is 156 cm³/mol. The van der Waals surface area contributed by atoms with Crippen molar-refractivity contribution in [2.45, 2.75) is 33.2 Å². The molecule has 1 N–H and O–H groups in total. The van der Waals surface area contributed by atoms with Gasteiger partial charge in [-0.2, -0.15) is 5.10 Å². The van der Waals surface area contributed by atoms with Crippen LogP contribution in [0, 0.1) is 24.6 Å². The van der Waals surface area contributed by atoms with E-state index in [-0.39, 0.29) is 11.6 Å². The van der Waals surface area contributed by atoms with Gasteiger partial charge in [0.15, 0.2) is 17.3 Å². The van der Waals surface area contributed by atoms with Gasteiger partial charge < -0.3 is 19.9 Å². The standard InChI is InChI=1S/C30H28FN9O2/c1-5-6-26(41)39-14-13-38(16-30(39,3)4)24-10-8-22-28(37-24)29(34-17-32-22)36-21-7-9-23(19(2)27(21)31)42-20-11-12-40-25(15-20)33-18-35-40/h7-12,15,17-18H,13-14,16H2,1-4H3,(H,32,34,36). The van der Waals surface area contributed by atoms with Gasteiger partial charge >= 0.3 is 0 Å². The van der Waals surface area contributed by atoms with Gasteiger partial charge in [-0.3, -0.25) is 4.79 Å². The van der Waals surface area contributed by atoms with Crippen LogP contribution in [0.4, 0.5) is 21.7 Å². The molecule has 0 saturated carbocycles. The second-order valence-corrected chi connectivity index (χ2v) is 10.5. The van der Waals surface area contributed by atoms with Crippen molar-refractivity contribution in [3.05, 3.63) is 66.6 Å². The monoisotopic (exact) mass is 565 g/mol. The van der Waals surface area contributed by atoms with E-state index >= 15 is 4.39 Å². The highest BCUT2D eigenvalue weighted by molar-refractivity contribution is 5.94. The van der Waals surface area contributed by atoms with Crippen LogP contribution in [0.3, 0.4) is 0 Å². The van der Waals surface area contributed by atoms with Crippen LogP contribution in [0.25, 0.3) is 16.7 Å². The van der Waals surface area contributed by atoms with E-state index in [1.807, 2.05) is 26.0 Å². The summed E-state index contributed by atoms with van der Waals surface area (Å²) in [5.41, 5.74) is 1.85. The van der Waals surface area contributed by atoms with Gasteiger partial charge in [-0.1, -0.05) is 5.92 Å². The molecule has 6 rings (SSSR count). The maximum absolute atomic E-state index is 15.6. The molecular formula is C30H28FN9O2. The molecule has 5 heterocycles. The minimum atomic E-state index is -0.475. The number of carbonyl (C=O) groups excluding carboxylic acids is 1. The third-order valence-corrected chi connectivity index (χ3v) is 7.24. The van der Waals surface area contributed by atoms with E-state index < -0.39 is 11.4 Å². The fourth-order valence-corrected chi connectivity index (χ4v) is 5.09. The summed E-state index contributed by atoms with van der Waals surface area (Å²) in [6.07, 6.45) is 4.59. The number of nitrogens with zero attached hydrogens (tertiary/aromatic N) is 8. The quantitative estimate of drug-likeness (QED) is 0.308. The molecule has 1 aliphatic rings. The van der Waals surface area contributed by atoms with Crippen molar-refractivity contribution in [2.75, 3.05) is 29.9 Å². The average molecular weight is 566 g/mol. The first-order valence-corrected chi connectivity index (χ1v) is 13.4. The number of piperazine rings is 1. The third-order valence-electron chi connectivity index (χ3n) is 7.24. The van der Waals surface area contributed by atoms with Crippen LogP contribution >= 0.6 is 0 Å². The summed E-state index contributed by atoms with van der Waals surface area (Å²) >= 11 is 0. The number of aromatic nitrogens is 6. The highest BCUT2D eigenvalue weighted by atomic mass is 19.1. The van der Waals surface area contributed by atoms with Crippen LogP contribution in [0.2, 0.25) is 0 Å². The maximum atomic E-state index is 15.6. The van der Waals surface area contributed by atoms with E-state index in [9.17, 15) is 4.79 Å². The van der Waals surface area contributed by atoms with Crippen molar-refractivity contribution >= 4 is 39.9 Å². The summed E-state index contributed by atoms with van der Waals surface area (Å²) in [6, 6.07) is 10.5. The number of pyridine rings is 2. The Bertz CT molecular complexity index is 1890. The molecule has 1 saturated heterocycles. The largest absolute Gasteiger partial charge is 0.457 e. The molecule has 0 atom stereocenters. The number of benzene rings is 1. The maximum Gasteiger partial charge on any atom is 0.299 e. The van der Waals surface area contributed by atoms with E-state index in [1.54, 1.807) is 53.7 Å². The fourth-order valence-electron chi connectivity index (χ4n) is 5.09. The van der Waals surface area contributed by atoms with Gasteiger partial charge in [0.05, 0.1) is 16.7 Å². The highest BCUT2D eigenvalue weighted by Gasteiger charge is 2.36. The Balaban J connectivity index is 1.25. The highest BCUT2D eigenvalue weighted by Crippen LogP contribution is 2.33. The number of fused-ring (bicyclic) bond motifs is 2. The number of halogens is 1. The number of rotatable bonds is 5. The van der Waals surface area contributed by atoms with Gasteiger partial charge in [0.25, 0.3) is 5.91 Å². The lowest BCUT2D eigenvalue weighted by Gasteiger charge is -2.46. The normalized spacial score (nSPS) is 14.5. The molecule has 11 nitrogen and oxygen atoms in total. The zero-order valence-corrected chi connectivity index (χ0v) is 23.6. The molecule has 0 radical (unpaired) electrons. The van der Waals surface area contributed by atoms with Crippen LogP contribution < -0.4 is 15.0 Å². The molecule has 0 unspecified atom stereocenters. The minimum Gasteiger partial charge on any atom is -0.457 e. The molecule has 1 aromatic carbocycles. The Morgan fingerprint density at radius 3 is 2.76 bits per heavy atom. The zero-order valence-electron chi connectivity index (χ0n) is 23.6. The molecule has 212 valence electrons. The van der Waals surface area contributed by atoms with Gasteiger partial charge in [0, 0.05) is 37.5 Å². The summed E-state index contributed by atoms with van der Waals surface area (Å²) < 4.78 is 23.2. The number of amides is 1. The Kier molecular flexibility index (Phi) is 6.78. The van der Waals surface area contributed by atoms with E-state index in [2.05, 4.69) is 42.1 Å². The molecule has 1 fully saturated rings. The molecule has 0 aliphatic carbocycles. The predicted octanol–water partition coefficient (Wildman–Crippen LogP) is 4.50. The Morgan fingerprint density at radius 2 is 1.95 bits per heavy atom. The second kappa shape index (κ2) is 10.6. The SMILES string of the molecule is CC#CC(=O)N1CCN(c2ccc3ncnc(Nc4ccc(Oc5ccn6ncnc6c5)c(C)c4F)c3n2)CC1(C)C. The van der Waals surface area contributed by atoms with E-state index in [1.165, 1.54) is 12.7 Å². The number of hydrogen-bond acceptors (Lipinski definition) is 9. The molecule has 1 aliphatic heterocycles. The van der Waals surface area contributed by atoms with Gasteiger partial charge in [0.2, 0.25) is 0 Å². The van der Waals surface area contributed by atoms with Gasteiger partial charge in [-0.25, -0.2) is 28.8 Å². The first-order valence-electron chi connectivity index (χ1n) is 13.4. The Hall–Kier alpha value is -5.31. The van der Waals surface area contributed by atoms with Gasteiger partial charge in [-0.15, -0.1) is 0 Å². The lowest BCUT2D eigenvalue weighted by atomic mass is 9.98. The van der Waals surface area contributed by atoms with Crippen molar-refractivity contribution in [2.24, 2.45) is 0 Å². The van der Waals surface area contributed by atoms with Gasteiger partial charge in [0.1, 0.15) is 35.5 Å².